The van der Waals surface area contributed by atoms with Gasteiger partial charge in [0.05, 0.1) is 14.2 Å². The minimum absolute atomic E-state index is 0.0438. The van der Waals surface area contributed by atoms with Crippen molar-refractivity contribution in [1.82, 2.24) is 0 Å². The summed E-state index contributed by atoms with van der Waals surface area (Å²) in [6.45, 7) is 4.42. The number of hydrogen-bond donors (Lipinski definition) is 0. The Kier molecular flexibility index (Phi) is 5.15. The van der Waals surface area contributed by atoms with Crippen LogP contribution in [-0.2, 0) is 13.0 Å². The summed E-state index contributed by atoms with van der Waals surface area (Å²) in [4.78, 5) is 12.5. The Morgan fingerprint density at radius 2 is 1.82 bits per heavy atom. The summed E-state index contributed by atoms with van der Waals surface area (Å²) in [6.07, 6.45) is 2.98. The Labute approximate surface area is 131 Å². The summed E-state index contributed by atoms with van der Waals surface area (Å²) in [5, 5.41) is 0. The second-order valence-corrected chi connectivity index (χ2v) is 5.15. The predicted molar refractivity (Wildman–Crippen MR) is 84.6 cm³/mol. The van der Waals surface area contributed by atoms with Gasteiger partial charge in [0, 0.05) is 24.1 Å². The van der Waals surface area contributed by atoms with E-state index in [0.717, 1.165) is 12.1 Å². The number of methoxy groups -OCH3 is 2. The molecular formula is C18H22NO3+. The van der Waals surface area contributed by atoms with Crippen LogP contribution in [0.1, 0.15) is 28.5 Å². The largest absolute Gasteiger partial charge is 0.493 e. The van der Waals surface area contributed by atoms with Crippen LogP contribution in [0.25, 0.3) is 0 Å². The molecule has 0 aliphatic rings. The van der Waals surface area contributed by atoms with Crippen LogP contribution in [0.5, 0.6) is 11.5 Å². The van der Waals surface area contributed by atoms with Crippen molar-refractivity contribution in [1.29, 1.82) is 0 Å². The number of hydrogen-bond acceptors (Lipinski definition) is 3. The molecule has 2 rings (SSSR count). The van der Waals surface area contributed by atoms with Gasteiger partial charge in [0.2, 0.25) is 12.3 Å². The lowest BCUT2D eigenvalue weighted by Crippen LogP contribution is -2.41. The van der Waals surface area contributed by atoms with Crippen LogP contribution in [0.2, 0.25) is 0 Å². The summed E-state index contributed by atoms with van der Waals surface area (Å²) in [7, 11) is 3.14. The van der Waals surface area contributed by atoms with E-state index in [0.29, 0.717) is 23.6 Å². The number of rotatable bonds is 6. The van der Waals surface area contributed by atoms with Gasteiger partial charge in [-0.15, -0.1) is 0 Å². The van der Waals surface area contributed by atoms with Gasteiger partial charge in [-0.3, -0.25) is 4.79 Å². The topological polar surface area (TPSA) is 39.4 Å². The molecule has 0 aliphatic heterocycles. The van der Waals surface area contributed by atoms with Crippen molar-refractivity contribution in [3.05, 3.63) is 53.3 Å². The van der Waals surface area contributed by atoms with E-state index in [1.165, 1.54) is 5.56 Å². The number of Topliss-reactive ketones (excluding diaryl/α,β-unsaturated/α-hetero) is 1. The van der Waals surface area contributed by atoms with Crippen LogP contribution < -0.4 is 14.0 Å². The fourth-order valence-electron chi connectivity index (χ4n) is 2.30. The highest BCUT2D eigenvalue weighted by Gasteiger charge is 2.17. The van der Waals surface area contributed by atoms with Crippen molar-refractivity contribution in [2.24, 2.45) is 0 Å². The van der Waals surface area contributed by atoms with Crippen molar-refractivity contribution in [2.45, 2.75) is 26.8 Å². The molecule has 1 heterocycles. The highest BCUT2D eigenvalue weighted by atomic mass is 16.5. The van der Waals surface area contributed by atoms with Crippen LogP contribution in [-0.4, -0.2) is 20.0 Å². The number of nitrogens with zero attached hydrogens (tertiary/aromatic N) is 1. The molecule has 2 aromatic rings. The molecule has 0 atom stereocenters. The quantitative estimate of drug-likeness (QED) is 0.608. The van der Waals surface area contributed by atoms with E-state index in [2.05, 4.69) is 13.0 Å². The van der Waals surface area contributed by atoms with Gasteiger partial charge in [-0.05, 0) is 30.7 Å². The van der Waals surface area contributed by atoms with Gasteiger partial charge in [-0.2, -0.15) is 4.57 Å². The molecule has 1 aromatic carbocycles. The van der Waals surface area contributed by atoms with Crippen LogP contribution >= 0.6 is 0 Å². The SMILES string of the molecule is CCc1ccc(C)[n+](CC(=O)c2ccc(OC)c(OC)c2)c1. The molecule has 0 N–H and O–H groups in total. The first-order chi connectivity index (χ1) is 10.6. The van der Waals surface area contributed by atoms with Gasteiger partial charge in [-0.1, -0.05) is 6.92 Å². The van der Waals surface area contributed by atoms with Crippen molar-refractivity contribution in [3.8, 4) is 11.5 Å². The zero-order valence-corrected chi connectivity index (χ0v) is 13.6. The average Bonchev–Trinajstić information content (AvgIpc) is 2.56. The molecule has 1 aromatic heterocycles. The van der Waals surface area contributed by atoms with Crippen LogP contribution in [0.15, 0.2) is 36.5 Å². The Morgan fingerprint density at radius 1 is 1.09 bits per heavy atom. The zero-order valence-electron chi connectivity index (χ0n) is 13.6. The number of carbonyl (C=O) groups is 1. The van der Waals surface area contributed by atoms with E-state index in [1.54, 1.807) is 32.4 Å². The predicted octanol–water partition coefficient (Wildman–Crippen LogP) is 2.75. The van der Waals surface area contributed by atoms with Gasteiger partial charge in [-0.25, -0.2) is 0 Å². The third-order valence-corrected chi connectivity index (χ3v) is 3.74. The summed E-state index contributed by atoms with van der Waals surface area (Å²) in [6, 6.07) is 9.38. The average molecular weight is 300 g/mol. The first-order valence-electron chi connectivity index (χ1n) is 7.33. The Bertz CT molecular complexity index is 680. The minimum atomic E-state index is 0.0438. The van der Waals surface area contributed by atoms with E-state index in [1.807, 2.05) is 23.8 Å². The molecular weight excluding hydrogens is 278 g/mol. The number of pyridine rings is 1. The summed E-state index contributed by atoms with van der Waals surface area (Å²) in [5.74, 6) is 1.23. The number of benzene rings is 1. The first kappa shape index (κ1) is 16.0. The lowest BCUT2D eigenvalue weighted by atomic mass is 10.1. The third-order valence-electron chi connectivity index (χ3n) is 3.74. The first-order valence-corrected chi connectivity index (χ1v) is 7.33. The molecule has 0 saturated carbocycles. The third kappa shape index (κ3) is 3.45. The molecule has 0 radical (unpaired) electrons. The number of ether oxygens (including phenoxy) is 2. The monoisotopic (exact) mass is 300 g/mol. The highest BCUT2D eigenvalue weighted by molar-refractivity contribution is 5.95. The standard InChI is InChI=1S/C18H22NO3/c1-5-14-7-6-13(2)19(11-14)12-16(20)15-8-9-17(21-3)18(10-15)22-4/h6-11H,5,12H2,1-4H3/q+1. The normalized spacial score (nSPS) is 10.4. The maximum Gasteiger partial charge on any atom is 0.227 e. The van der Waals surface area contributed by atoms with Gasteiger partial charge in [0.25, 0.3) is 0 Å². The number of aryl methyl sites for hydroxylation is 2. The van der Waals surface area contributed by atoms with E-state index in [9.17, 15) is 4.79 Å². The number of ketones is 1. The molecule has 0 bridgehead atoms. The highest BCUT2D eigenvalue weighted by Crippen LogP contribution is 2.27. The summed E-state index contributed by atoms with van der Waals surface area (Å²) >= 11 is 0. The van der Waals surface area contributed by atoms with Crippen molar-refractivity contribution in [2.75, 3.05) is 14.2 Å². The van der Waals surface area contributed by atoms with E-state index >= 15 is 0 Å². The van der Waals surface area contributed by atoms with Crippen molar-refractivity contribution in [3.63, 3.8) is 0 Å². The Morgan fingerprint density at radius 3 is 2.45 bits per heavy atom. The zero-order chi connectivity index (χ0) is 16.1. The second-order valence-electron chi connectivity index (χ2n) is 5.15. The lowest BCUT2D eigenvalue weighted by Gasteiger charge is -2.08. The Balaban J connectivity index is 2.26. The van der Waals surface area contributed by atoms with Gasteiger partial charge < -0.3 is 9.47 Å². The summed E-state index contributed by atoms with van der Waals surface area (Å²) in [5.41, 5.74) is 2.89. The molecule has 116 valence electrons. The molecule has 0 saturated heterocycles. The van der Waals surface area contributed by atoms with E-state index in [4.69, 9.17) is 9.47 Å². The Hall–Kier alpha value is -2.36. The number of aromatic nitrogens is 1. The molecule has 0 aliphatic carbocycles. The van der Waals surface area contributed by atoms with Crippen molar-refractivity contribution >= 4 is 5.78 Å². The van der Waals surface area contributed by atoms with Gasteiger partial charge in [0.1, 0.15) is 0 Å². The van der Waals surface area contributed by atoms with Crippen LogP contribution in [0.3, 0.4) is 0 Å². The molecule has 4 heteroatoms. The minimum Gasteiger partial charge on any atom is -0.493 e. The molecule has 0 amide bonds. The molecule has 0 fully saturated rings. The van der Waals surface area contributed by atoms with Gasteiger partial charge >= 0.3 is 0 Å². The molecule has 4 nitrogen and oxygen atoms in total. The van der Waals surface area contributed by atoms with Crippen LogP contribution in [0.4, 0.5) is 0 Å². The maximum absolute atomic E-state index is 12.5. The second kappa shape index (κ2) is 7.07. The lowest BCUT2D eigenvalue weighted by molar-refractivity contribution is -0.689. The van der Waals surface area contributed by atoms with Crippen molar-refractivity contribution < 1.29 is 18.8 Å². The molecule has 22 heavy (non-hydrogen) atoms. The fourth-order valence-corrected chi connectivity index (χ4v) is 2.30. The number of carbonyl (C=O) groups excluding carboxylic acids is 1. The van der Waals surface area contributed by atoms with Crippen LogP contribution in [0, 0.1) is 6.92 Å². The summed E-state index contributed by atoms with van der Waals surface area (Å²) < 4.78 is 12.4. The molecule has 0 spiro atoms. The fraction of sp³-hybridized carbons (Fsp3) is 0.333. The van der Waals surface area contributed by atoms with E-state index < -0.39 is 0 Å². The smallest absolute Gasteiger partial charge is 0.227 e. The van der Waals surface area contributed by atoms with E-state index in [-0.39, 0.29) is 5.78 Å². The maximum atomic E-state index is 12.5. The van der Waals surface area contributed by atoms with Gasteiger partial charge in [0.15, 0.2) is 23.4 Å². The molecule has 0 unspecified atom stereocenters.